The molecule has 0 unspecified atom stereocenters. The number of imidazole rings is 1. The monoisotopic (exact) mass is 281 g/mol. The van der Waals surface area contributed by atoms with Crippen LogP contribution < -0.4 is 5.01 Å². The number of rotatable bonds is 1. The SMILES string of the molecule is C=C1CCCCN1n1cnc2c(Cl)ccc(Cl)c21. The van der Waals surface area contributed by atoms with E-state index >= 15 is 0 Å². The van der Waals surface area contributed by atoms with Gasteiger partial charge in [0.1, 0.15) is 17.4 Å². The lowest BCUT2D eigenvalue weighted by Gasteiger charge is -2.31. The molecule has 0 bridgehead atoms. The fourth-order valence-corrected chi connectivity index (χ4v) is 2.80. The van der Waals surface area contributed by atoms with E-state index in [1.807, 2.05) is 4.68 Å². The van der Waals surface area contributed by atoms with Crippen LogP contribution in [0.1, 0.15) is 19.3 Å². The van der Waals surface area contributed by atoms with E-state index in [-0.39, 0.29) is 0 Å². The highest BCUT2D eigenvalue weighted by Crippen LogP contribution is 2.30. The molecular weight excluding hydrogens is 269 g/mol. The van der Waals surface area contributed by atoms with Crippen molar-refractivity contribution >= 4 is 34.2 Å². The molecule has 0 radical (unpaired) electrons. The van der Waals surface area contributed by atoms with Gasteiger partial charge in [-0.3, -0.25) is 5.01 Å². The first-order valence-electron chi connectivity index (χ1n) is 5.95. The van der Waals surface area contributed by atoms with Gasteiger partial charge in [-0.25, -0.2) is 9.66 Å². The molecule has 18 heavy (non-hydrogen) atoms. The summed E-state index contributed by atoms with van der Waals surface area (Å²) in [6.45, 7) is 5.05. The highest BCUT2D eigenvalue weighted by molar-refractivity contribution is 6.39. The van der Waals surface area contributed by atoms with E-state index in [1.54, 1.807) is 18.5 Å². The molecule has 0 aliphatic carbocycles. The van der Waals surface area contributed by atoms with Crippen molar-refractivity contribution in [1.82, 2.24) is 9.66 Å². The third kappa shape index (κ3) is 1.78. The van der Waals surface area contributed by atoms with Crippen LogP contribution in [-0.4, -0.2) is 16.2 Å². The zero-order valence-corrected chi connectivity index (χ0v) is 11.4. The molecule has 1 saturated heterocycles. The summed E-state index contributed by atoms with van der Waals surface area (Å²) >= 11 is 12.4. The summed E-state index contributed by atoms with van der Waals surface area (Å²) in [6.07, 6.45) is 5.12. The molecule has 2 heterocycles. The predicted octanol–water partition coefficient (Wildman–Crippen LogP) is 3.98. The molecular formula is C13H13Cl2N3. The van der Waals surface area contributed by atoms with E-state index in [9.17, 15) is 0 Å². The second-order valence-corrected chi connectivity index (χ2v) is 5.28. The van der Waals surface area contributed by atoms with Gasteiger partial charge in [0.15, 0.2) is 0 Å². The zero-order valence-electron chi connectivity index (χ0n) is 9.87. The maximum Gasteiger partial charge on any atom is 0.116 e. The number of fused-ring (bicyclic) bond motifs is 1. The molecule has 1 fully saturated rings. The van der Waals surface area contributed by atoms with Gasteiger partial charge in [-0.05, 0) is 31.4 Å². The molecule has 94 valence electrons. The van der Waals surface area contributed by atoms with E-state index in [0.29, 0.717) is 10.0 Å². The third-order valence-electron chi connectivity index (χ3n) is 3.29. The molecule has 0 amide bonds. The first-order chi connectivity index (χ1) is 8.68. The molecule has 0 atom stereocenters. The Hall–Kier alpha value is -1.19. The van der Waals surface area contributed by atoms with Crippen molar-refractivity contribution in [2.75, 3.05) is 11.6 Å². The smallest absolute Gasteiger partial charge is 0.116 e. The maximum absolute atomic E-state index is 6.27. The van der Waals surface area contributed by atoms with Crippen LogP contribution in [0.25, 0.3) is 11.0 Å². The highest BCUT2D eigenvalue weighted by atomic mass is 35.5. The molecule has 5 heteroatoms. The number of aromatic nitrogens is 2. The summed E-state index contributed by atoms with van der Waals surface area (Å²) in [7, 11) is 0. The largest absolute Gasteiger partial charge is 0.285 e. The van der Waals surface area contributed by atoms with Gasteiger partial charge in [0.05, 0.1) is 10.0 Å². The van der Waals surface area contributed by atoms with Crippen LogP contribution in [0.5, 0.6) is 0 Å². The summed E-state index contributed by atoms with van der Waals surface area (Å²) < 4.78 is 1.96. The van der Waals surface area contributed by atoms with Gasteiger partial charge in [-0.2, -0.15) is 0 Å². The van der Waals surface area contributed by atoms with Gasteiger partial charge in [0.2, 0.25) is 0 Å². The van der Waals surface area contributed by atoms with Crippen LogP contribution in [-0.2, 0) is 0 Å². The lowest BCUT2D eigenvalue weighted by atomic mass is 10.1. The molecule has 1 aromatic carbocycles. The van der Waals surface area contributed by atoms with Gasteiger partial charge < -0.3 is 0 Å². The lowest BCUT2D eigenvalue weighted by molar-refractivity contribution is 0.546. The van der Waals surface area contributed by atoms with Crippen molar-refractivity contribution in [2.24, 2.45) is 0 Å². The van der Waals surface area contributed by atoms with Gasteiger partial charge in [-0.1, -0.05) is 29.8 Å². The Morgan fingerprint density at radius 3 is 2.72 bits per heavy atom. The van der Waals surface area contributed by atoms with Crippen LogP contribution in [0, 0.1) is 0 Å². The number of benzene rings is 1. The molecule has 3 nitrogen and oxygen atoms in total. The van der Waals surface area contributed by atoms with Crippen LogP contribution in [0.2, 0.25) is 10.0 Å². The molecule has 1 aromatic heterocycles. The van der Waals surface area contributed by atoms with Crippen molar-refractivity contribution in [3.8, 4) is 0 Å². The van der Waals surface area contributed by atoms with Crippen LogP contribution in [0.4, 0.5) is 0 Å². The minimum absolute atomic E-state index is 0.621. The molecule has 1 aliphatic heterocycles. The van der Waals surface area contributed by atoms with E-state index in [4.69, 9.17) is 23.2 Å². The van der Waals surface area contributed by atoms with Crippen molar-refractivity contribution in [2.45, 2.75) is 19.3 Å². The van der Waals surface area contributed by atoms with Gasteiger partial charge in [-0.15, -0.1) is 0 Å². The molecule has 3 rings (SSSR count). The average molecular weight is 282 g/mol. The summed E-state index contributed by atoms with van der Waals surface area (Å²) in [5, 5.41) is 3.40. The Balaban J connectivity index is 2.17. The lowest BCUT2D eigenvalue weighted by Crippen LogP contribution is -2.36. The molecule has 0 saturated carbocycles. The minimum atomic E-state index is 0.621. The first kappa shape index (κ1) is 11.9. The Kier molecular flexibility index (Phi) is 2.96. The minimum Gasteiger partial charge on any atom is -0.285 e. The Morgan fingerprint density at radius 2 is 1.94 bits per heavy atom. The number of nitrogens with zero attached hydrogens (tertiary/aromatic N) is 3. The average Bonchev–Trinajstić information content (AvgIpc) is 2.80. The second kappa shape index (κ2) is 4.48. The molecule has 2 aromatic rings. The summed E-state index contributed by atoms with van der Waals surface area (Å²) in [5.41, 5.74) is 2.69. The van der Waals surface area contributed by atoms with Gasteiger partial charge >= 0.3 is 0 Å². The molecule has 0 spiro atoms. The van der Waals surface area contributed by atoms with Crippen LogP contribution >= 0.6 is 23.2 Å². The third-order valence-corrected chi connectivity index (χ3v) is 3.90. The molecule has 1 aliphatic rings. The number of piperidine rings is 1. The van der Waals surface area contributed by atoms with E-state index < -0.39 is 0 Å². The zero-order chi connectivity index (χ0) is 12.7. The highest BCUT2D eigenvalue weighted by Gasteiger charge is 2.19. The van der Waals surface area contributed by atoms with Crippen molar-refractivity contribution in [3.05, 3.63) is 40.8 Å². The predicted molar refractivity (Wildman–Crippen MR) is 75.8 cm³/mol. The Bertz CT molecular complexity index is 618. The quantitative estimate of drug-likeness (QED) is 0.788. The van der Waals surface area contributed by atoms with Gasteiger partial charge in [0, 0.05) is 12.2 Å². The second-order valence-electron chi connectivity index (χ2n) is 4.46. The van der Waals surface area contributed by atoms with Crippen LogP contribution in [0.3, 0.4) is 0 Å². The fraction of sp³-hybridized carbons (Fsp3) is 0.308. The topological polar surface area (TPSA) is 21.1 Å². The van der Waals surface area contributed by atoms with Crippen molar-refractivity contribution < 1.29 is 0 Å². The summed E-state index contributed by atoms with van der Waals surface area (Å²) in [6, 6.07) is 3.58. The first-order valence-corrected chi connectivity index (χ1v) is 6.71. The molecule has 0 N–H and O–H groups in total. The van der Waals surface area contributed by atoms with E-state index in [1.165, 1.54) is 6.42 Å². The number of halogens is 2. The fourth-order valence-electron chi connectivity index (χ4n) is 2.36. The Morgan fingerprint density at radius 1 is 1.17 bits per heavy atom. The normalized spacial score (nSPS) is 16.6. The summed E-state index contributed by atoms with van der Waals surface area (Å²) in [4.78, 5) is 4.35. The van der Waals surface area contributed by atoms with Gasteiger partial charge in [0.25, 0.3) is 0 Å². The van der Waals surface area contributed by atoms with Crippen LogP contribution in [0.15, 0.2) is 30.7 Å². The van der Waals surface area contributed by atoms with Crippen molar-refractivity contribution in [3.63, 3.8) is 0 Å². The number of allylic oxidation sites excluding steroid dienone is 1. The number of hydrogen-bond donors (Lipinski definition) is 0. The van der Waals surface area contributed by atoms with E-state index in [2.05, 4.69) is 16.6 Å². The standard InChI is InChI=1S/C13H13Cl2N3/c1-9-4-2-3-7-17(9)18-8-16-12-10(14)5-6-11(15)13(12)18/h5-6,8H,1-4,7H2. The van der Waals surface area contributed by atoms with Crippen molar-refractivity contribution in [1.29, 1.82) is 0 Å². The maximum atomic E-state index is 6.27. The Labute approximate surface area is 116 Å². The summed E-state index contributed by atoms with van der Waals surface area (Å²) in [5.74, 6) is 0. The van der Waals surface area contributed by atoms with E-state index in [0.717, 1.165) is 36.1 Å². The number of hydrogen-bond acceptors (Lipinski definition) is 2.